The number of β-lactam (4-membered cyclic amide) rings is 1. The lowest BCUT2D eigenvalue weighted by Gasteiger charge is -2.49. The van der Waals surface area contributed by atoms with Gasteiger partial charge in [-0.25, -0.2) is 9.59 Å². The zero-order valence-corrected chi connectivity index (χ0v) is 21.4. The molecule has 0 radical (unpaired) electrons. The number of thiophene rings is 1. The van der Waals surface area contributed by atoms with Gasteiger partial charge in [-0.3, -0.25) is 14.5 Å². The number of nitrogens with zero attached hydrogens (tertiary/aromatic N) is 3. The molecular weight excluding hydrogens is 540 g/mol. The van der Waals surface area contributed by atoms with Gasteiger partial charge in [0.25, 0.3) is 10.9 Å². The average molecular weight is 561 g/mol. The maximum absolute atomic E-state index is 13.1. The van der Waals surface area contributed by atoms with Crippen LogP contribution in [0.25, 0.3) is 0 Å². The molecule has 4 rings (SSSR count). The number of nitrogens with one attached hydrogen (secondary N) is 3. The molecule has 4 heterocycles. The van der Waals surface area contributed by atoms with Crippen LogP contribution < -0.4 is 20.7 Å². The molecule has 0 aliphatic carbocycles. The molecule has 15 heteroatoms. The van der Waals surface area contributed by atoms with E-state index in [1.165, 1.54) is 41.1 Å². The number of nitriles is 1. The number of aliphatic carboxylic acids is 1. The maximum Gasteiger partial charge on any atom is 0.352 e. The van der Waals surface area contributed by atoms with Crippen molar-refractivity contribution in [2.24, 2.45) is 0 Å². The van der Waals surface area contributed by atoms with Crippen LogP contribution in [0.1, 0.15) is 10.9 Å². The van der Waals surface area contributed by atoms with E-state index in [2.05, 4.69) is 16.0 Å². The Kier molecular flexibility index (Phi) is 8.21. The van der Waals surface area contributed by atoms with Crippen molar-refractivity contribution in [2.45, 2.75) is 22.5 Å². The number of carbonyl (C=O) groups excluding carboxylic acids is 3. The normalized spacial score (nSPS) is 19.2. The van der Waals surface area contributed by atoms with Crippen LogP contribution in [0, 0.1) is 16.5 Å². The number of amides is 4. The Balaban J connectivity index is 1.47. The number of fused-ring (bicyclic) bond motifs is 1. The number of carboxylic acids is 1. The molecular formula is C22H20N6O6S3. The highest BCUT2D eigenvalue weighted by atomic mass is 32.2. The quantitative estimate of drug-likeness (QED) is 0.113. The highest BCUT2D eigenvalue weighted by Crippen LogP contribution is 2.41. The first-order chi connectivity index (χ1) is 17.8. The van der Waals surface area contributed by atoms with E-state index in [-0.39, 0.29) is 18.0 Å². The Morgan fingerprint density at radius 1 is 1.32 bits per heavy atom. The minimum Gasteiger partial charge on any atom is -0.618 e. The van der Waals surface area contributed by atoms with Crippen LogP contribution in [0.2, 0.25) is 0 Å². The van der Waals surface area contributed by atoms with Crippen molar-refractivity contribution >= 4 is 58.7 Å². The number of pyridine rings is 1. The molecule has 37 heavy (non-hydrogen) atoms. The number of aromatic nitrogens is 1. The molecule has 12 nitrogen and oxygen atoms in total. The van der Waals surface area contributed by atoms with E-state index in [4.69, 9.17) is 5.26 Å². The fraction of sp³-hybridized carbons (Fsp3) is 0.273. The predicted molar refractivity (Wildman–Crippen MR) is 135 cm³/mol. The number of thioether (sulfide) groups is 2. The van der Waals surface area contributed by atoms with Gasteiger partial charge in [0.05, 0.1) is 6.07 Å². The number of carboxylic acid groups (broad SMARTS) is 1. The molecule has 1 saturated heterocycles. The number of hydrogen-bond acceptors (Lipinski definition) is 9. The third kappa shape index (κ3) is 5.66. The molecule has 3 atom stereocenters. The van der Waals surface area contributed by atoms with Crippen molar-refractivity contribution in [1.29, 1.82) is 5.26 Å². The first kappa shape index (κ1) is 26.3. The predicted octanol–water partition coefficient (Wildman–Crippen LogP) is 0.776. The SMILES string of the molecule is N#CCNC(=O)NC(C(=O)N[C@@H]1C(=O)N2C(C(=O)O)=C(CSc3cccc[n+]3[O-])CSC12)c1cccs1. The number of carbonyl (C=O) groups is 4. The van der Waals surface area contributed by atoms with E-state index >= 15 is 0 Å². The third-order valence-electron chi connectivity index (χ3n) is 5.42. The van der Waals surface area contributed by atoms with E-state index in [9.17, 15) is 29.5 Å². The molecule has 2 aromatic heterocycles. The molecule has 1 fully saturated rings. The lowest BCUT2D eigenvalue weighted by atomic mass is 10.0. The van der Waals surface area contributed by atoms with Crippen molar-refractivity contribution in [3.8, 4) is 6.07 Å². The van der Waals surface area contributed by atoms with Crippen LogP contribution in [0.15, 0.2) is 58.2 Å². The second-order valence-corrected chi connectivity index (χ2v) is 10.8. The van der Waals surface area contributed by atoms with Crippen molar-refractivity contribution in [3.63, 3.8) is 0 Å². The zero-order valence-electron chi connectivity index (χ0n) is 18.9. The van der Waals surface area contributed by atoms with E-state index in [0.29, 0.717) is 26.0 Å². The zero-order chi connectivity index (χ0) is 26.5. The van der Waals surface area contributed by atoms with Crippen LogP contribution in [-0.2, 0) is 14.4 Å². The molecule has 2 aromatic rings. The van der Waals surface area contributed by atoms with Gasteiger partial charge in [-0.2, -0.15) is 9.99 Å². The standard InChI is InChI=1S/C22H20N6O6S3/c23-6-7-24-22(33)26-15(13-4-3-9-35-13)18(29)25-16-19(30)28-17(21(31)32)12(11-37-20(16)28)10-36-14-5-1-2-8-27(14)34/h1-5,8-9,15-16,20H,7,10-11H2,(H,25,29)(H,31,32)(H2,24,26,33)/t15?,16-,20?/m1/s1. The van der Waals surface area contributed by atoms with E-state index in [1.807, 2.05) is 0 Å². The highest BCUT2D eigenvalue weighted by Gasteiger charge is 2.54. The molecule has 0 spiro atoms. The molecule has 0 aromatic carbocycles. The molecule has 0 bridgehead atoms. The molecule has 4 N–H and O–H groups in total. The summed E-state index contributed by atoms with van der Waals surface area (Å²) in [4.78, 5) is 51.9. The van der Waals surface area contributed by atoms with Crippen LogP contribution in [-0.4, -0.2) is 63.3 Å². The van der Waals surface area contributed by atoms with E-state index in [0.717, 1.165) is 4.90 Å². The largest absolute Gasteiger partial charge is 0.618 e. The second kappa shape index (κ2) is 11.5. The summed E-state index contributed by atoms with van der Waals surface area (Å²) in [6.45, 7) is -0.247. The number of rotatable bonds is 9. The second-order valence-electron chi connectivity index (χ2n) is 7.74. The summed E-state index contributed by atoms with van der Waals surface area (Å²) >= 11 is 3.71. The van der Waals surface area contributed by atoms with Gasteiger partial charge in [0.1, 0.15) is 29.7 Å². The minimum atomic E-state index is -1.27. The van der Waals surface area contributed by atoms with Gasteiger partial charge in [0.2, 0.25) is 5.91 Å². The van der Waals surface area contributed by atoms with Crippen molar-refractivity contribution in [2.75, 3.05) is 18.1 Å². The van der Waals surface area contributed by atoms with Crippen molar-refractivity contribution in [1.82, 2.24) is 20.9 Å². The van der Waals surface area contributed by atoms with Gasteiger partial charge in [0, 0.05) is 28.5 Å². The summed E-state index contributed by atoms with van der Waals surface area (Å²) in [5.41, 5.74) is 0.344. The van der Waals surface area contributed by atoms with Gasteiger partial charge in [0.15, 0.2) is 6.20 Å². The van der Waals surface area contributed by atoms with Gasteiger partial charge in [-0.15, -0.1) is 23.1 Å². The number of urea groups is 1. The summed E-state index contributed by atoms with van der Waals surface area (Å²) < 4.78 is 0.684. The third-order valence-corrected chi connectivity index (χ3v) is 8.81. The first-order valence-electron chi connectivity index (χ1n) is 10.8. The van der Waals surface area contributed by atoms with Crippen LogP contribution >= 0.6 is 34.9 Å². The Morgan fingerprint density at radius 2 is 2.14 bits per heavy atom. The molecule has 4 amide bonds. The van der Waals surface area contributed by atoms with Gasteiger partial charge >= 0.3 is 12.0 Å². The first-order valence-corrected chi connectivity index (χ1v) is 13.7. The summed E-state index contributed by atoms with van der Waals surface area (Å²) in [6, 6.07) is 7.22. The molecule has 0 saturated carbocycles. The molecule has 192 valence electrons. The van der Waals surface area contributed by atoms with Crippen LogP contribution in [0.5, 0.6) is 0 Å². The minimum absolute atomic E-state index is 0.149. The van der Waals surface area contributed by atoms with Crippen LogP contribution in [0.4, 0.5) is 4.79 Å². The Morgan fingerprint density at radius 3 is 2.81 bits per heavy atom. The van der Waals surface area contributed by atoms with Gasteiger partial charge in [-0.05, 0) is 23.1 Å². The van der Waals surface area contributed by atoms with Crippen molar-refractivity contribution < 1.29 is 29.0 Å². The van der Waals surface area contributed by atoms with Crippen molar-refractivity contribution in [3.05, 3.63) is 63.3 Å². The fourth-order valence-electron chi connectivity index (χ4n) is 3.74. The lowest BCUT2D eigenvalue weighted by molar-refractivity contribution is -0.645. The van der Waals surface area contributed by atoms with Gasteiger partial charge < -0.3 is 26.3 Å². The molecule has 2 aliphatic rings. The van der Waals surface area contributed by atoms with E-state index in [1.54, 1.807) is 41.8 Å². The Labute approximate surface area is 223 Å². The lowest BCUT2D eigenvalue weighted by Crippen LogP contribution is -2.71. The maximum atomic E-state index is 13.1. The summed E-state index contributed by atoms with van der Waals surface area (Å²) in [5, 5.41) is 39.3. The van der Waals surface area contributed by atoms with Gasteiger partial charge in [-0.1, -0.05) is 17.8 Å². The number of hydrogen-bond donors (Lipinski definition) is 4. The fourth-order valence-corrected chi connectivity index (χ4v) is 6.91. The summed E-state index contributed by atoms with van der Waals surface area (Å²) in [6.07, 6.45) is 1.35. The van der Waals surface area contributed by atoms with Crippen LogP contribution in [0.3, 0.4) is 0 Å². The average Bonchev–Trinajstić information content (AvgIpc) is 3.42. The summed E-state index contributed by atoms with van der Waals surface area (Å²) in [5.74, 6) is -1.99. The Bertz CT molecular complexity index is 1290. The molecule has 2 aliphatic heterocycles. The van der Waals surface area contributed by atoms with E-state index < -0.39 is 41.3 Å². The monoisotopic (exact) mass is 560 g/mol. The highest BCUT2D eigenvalue weighted by molar-refractivity contribution is 8.01. The topological polar surface area (TPSA) is 179 Å². The smallest absolute Gasteiger partial charge is 0.352 e. The summed E-state index contributed by atoms with van der Waals surface area (Å²) in [7, 11) is 0. The Hall–Kier alpha value is -3.74. The molecule has 2 unspecified atom stereocenters.